The molecule has 112 valence electrons. The minimum Gasteiger partial charge on any atom is -0.380 e. The highest BCUT2D eigenvalue weighted by molar-refractivity contribution is 6.08. The average Bonchev–Trinajstić information content (AvgIpc) is 2.93. The van der Waals surface area contributed by atoms with Gasteiger partial charge >= 0.3 is 0 Å². The van der Waals surface area contributed by atoms with Crippen molar-refractivity contribution in [3.05, 3.63) is 36.0 Å². The number of hydrogen-bond donors (Lipinski definition) is 1. The number of nitrogens with one attached hydrogen (secondary N) is 1. The molecular weight excluding hydrogens is 264 g/mol. The molecule has 1 fully saturated rings. The molecule has 2 atom stereocenters. The molecule has 1 saturated heterocycles. The van der Waals surface area contributed by atoms with Crippen LogP contribution in [0.5, 0.6) is 0 Å². The van der Waals surface area contributed by atoms with Crippen molar-refractivity contribution in [2.24, 2.45) is 5.92 Å². The number of H-pyrrole nitrogens is 1. The number of ether oxygens (including phenoxy) is 1. The third kappa shape index (κ3) is 2.87. The number of Topliss-reactive ketones (excluding diaryl/α,β-unsaturated/α-hetero) is 1. The van der Waals surface area contributed by atoms with Crippen molar-refractivity contribution < 1.29 is 9.53 Å². The highest BCUT2D eigenvalue weighted by Gasteiger charge is 2.27. The number of methoxy groups -OCH3 is 1. The van der Waals surface area contributed by atoms with Crippen LogP contribution in [0.15, 0.2) is 30.5 Å². The van der Waals surface area contributed by atoms with Crippen LogP contribution in [0.2, 0.25) is 0 Å². The molecule has 4 nitrogen and oxygen atoms in total. The number of likely N-dealkylation sites (tertiary alicyclic amines) is 1. The van der Waals surface area contributed by atoms with Gasteiger partial charge in [-0.15, -0.1) is 0 Å². The van der Waals surface area contributed by atoms with Crippen molar-refractivity contribution in [2.75, 3.05) is 26.7 Å². The van der Waals surface area contributed by atoms with Crippen LogP contribution in [0, 0.1) is 5.92 Å². The summed E-state index contributed by atoms with van der Waals surface area (Å²) in [5.74, 6) is 0.742. The summed E-state index contributed by atoms with van der Waals surface area (Å²) in [6, 6.07) is 7.93. The van der Waals surface area contributed by atoms with E-state index in [0.717, 1.165) is 36.0 Å². The number of aromatic amines is 1. The molecule has 4 heteroatoms. The van der Waals surface area contributed by atoms with Gasteiger partial charge in [0.1, 0.15) is 0 Å². The summed E-state index contributed by atoms with van der Waals surface area (Å²) in [4.78, 5) is 17.9. The minimum absolute atomic E-state index is 0.178. The minimum atomic E-state index is 0.178. The Labute approximate surface area is 125 Å². The number of para-hydroxylation sites is 1. The quantitative estimate of drug-likeness (QED) is 0.879. The van der Waals surface area contributed by atoms with Crippen molar-refractivity contribution in [2.45, 2.75) is 19.4 Å². The number of rotatable bonds is 4. The van der Waals surface area contributed by atoms with Gasteiger partial charge in [-0.1, -0.05) is 25.1 Å². The second kappa shape index (κ2) is 6.00. The first-order valence-corrected chi connectivity index (χ1v) is 7.53. The number of fused-ring (bicyclic) bond motifs is 1. The lowest BCUT2D eigenvalue weighted by Gasteiger charge is -2.35. The van der Waals surface area contributed by atoms with Gasteiger partial charge in [-0.2, -0.15) is 0 Å². The van der Waals surface area contributed by atoms with E-state index in [9.17, 15) is 4.79 Å². The highest BCUT2D eigenvalue weighted by atomic mass is 16.5. The first kappa shape index (κ1) is 14.3. The van der Waals surface area contributed by atoms with E-state index in [2.05, 4.69) is 16.8 Å². The number of nitrogens with zero attached hydrogens (tertiary/aromatic N) is 1. The summed E-state index contributed by atoms with van der Waals surface area (Å²) in [5.41, 5.74) is 1.81. The van der Waals surface area contributed by atoms with Crippen molar-refractivity contribution in [1.29, 1.82) is 0 Å². The molecule has 21 heavy (non-hydrogen) atoms. The van der Waals surface area contributed by atoms with Crippen molar-refractivity contribution in [1.82, 2.24) is 9.88 Å². The zero-order valence-corrected chi connectivity index (χ0v) is 12.6. The first-order chi connectivity index (χ1) is 10.2. The number of ketones is 1. The summed E-state index contributed by atoms with van der Waals surface area (Å²) < 4.78 is 5.52. The highest BCUT2D eigenvalue weighted by Crippen LogP contribution is 2.22. The smallest absolute Gasteiger partial charge is 0.178 e. The van der Waals surface area contributed by atoms with Crippen molar-refractivity contribution in [3.63, 3.8) is 0 Å². The lowest BCUT2D eigenvalue weighted by Crippen LogP contribution is -2.45. The van der Waals surface area contributed by atoms with Gasteiger partial charge in [0.25, 0.3) is 0 Å². The standard InChI is InChI=1S/C17H22N2O2/c1-12-7-8-19(11-17(12)21-2)10-16(20)14-9-18-15-6-4-3-5-13(14)15/h3-6,9,12,17-18H,7-8,10-11H2,1-2H3. The Kier molecular flexibility index (Phi) is 4.08. The van der Waals surface area contributed by atoms with Crippen molar-refractivity contribution >= 4 is 16.7 Å². The summed E-state index contributed by atoms with van der Waals surface area (Å²) >= 11 is 0. The molecule has 0 radical (unpaired) electrons. The Morgan fingerprint density at radius 3 is 3.05 bits per heavy atom. The summed E-state index contributed by atoms with van der Waals surface area (Å²) in [6.07, 6.45) is 3.14. The fraction of sp³-hybridized carbons (Fsp3) is 0.471. The molecule has 3 rings (SSSR count). The van der Waals surface area contributed by atoms with Gasteiger partial charge in [0.2, 0.25) is 0 Å². The molecule has 0 bridgehead atoms. The van der Waals surface area contributed by atoms with Gasteiger partial charge in [0.05, 0.1) is 12.6 Å². The maximum Gasteiger partial charge on any atom is 0.178 e. The third-order valence-corrected chi connectivity index (χ3v) is 4.53. The first-order valence-electron chi connectivity index (χ1n) is 7.53. The number of carbonyl (C=O) groups excluding carboxylic acids is 1. The molecule has 0 saturated carbocycles. The normalized spacial score (nSPS) is 23.5. The van der Waals surface area contributed by atoms with E-state index in [-0.39, 0.29) is 11.9 Å². The Morgan fingerprint density at radius 1 is 1.43 bits per heavy atom. The lowest BCUT2D eigenvalue weighted by atomic mass is 9.95. The molecule has 0 aliphatic carbocycles. The SMILES string of the molecule is COC1CN(CC(=O)c2c[nH]c3ccccc23)CCC1C. The molecule has 1 aliphatic rings. The molecule has 1 aliphatic heterocycles. The van der Waals surface area contributed by atoms with E-state index < -0.39 is 0 Å². The predicted molar refractivity (Wildman–Crippen MR) is 83.6 cm³/mol. The van der Waals surface area contributed by atoms with Gasteiger partial charge in [-0.25, -0.2) is 0 Å². The Balaban J connectivity index is 1.72. The van der Waals surface area contributed by atoms with Crippen molar-refractivity contribution in [3.8, 4) is 0 Å². The van der Waals surface area contributed by atoms with Crippen LogP contribution in [0.1, 0.15) is 23.7 Å². The zero-order chi connectivity index (χ0) is 14.8. The molecule has 1 N–H and O–H groups in total. The molecular formula is C17H22N2O2. The summed E-state index contributed by atoms with van der Waals surface area (Å²) in [5, 5.41) is 1.01. The van der Waals surface area contributed by atoms with Gasteiger partial charge in [-0.05, 0) is 24.9 Å². The van der Waals surface area contributed by atoms with E-state index in [1.165, 1.54) is 0 Å². The molecule has 0 spiro atoms. The molecule has 1 aromatic carbocycles. The van der Waals surface area contributed by atoms with Crippen LogP contribution < -0.4 is 0 Å². The average molecular weight is 286 g/mol. The van der Waals surface area contributed by atoms with Crippen LogP contribution in [-0.2, 0) is 4.74 Å². The van der Waals surface area contributed by atoms with Crippen LogP contribution >= 0.6 is 0 Å². The monoisotopic (exact) mass is 286 g/mol. The topological polar surface area (TPSA) is 45.3 Å². The van der Waals surface area contributed by atoms with Gasteiger partial charge < -0.3 is 9.72 Å². The maximum atomic E-state index is 12.6. The number of hydrogen-bond acceptors (Lipinski definition) is 3. The fourth-order valence-electron chi connectivity index (χ4n) is 3.14. The van der Waals surface area contributed by atoms with Gasteiger partial charge in [0, 0.05) is 36.3 Å². The Bertz CT molecular complexity index is 635. The van der Waals surface area contributed by atoms with E-state index >= 15 is 0 Å². The molecule has 2 unspecified atom stereocenters. The van der Waals surface area contributed by atoms with Gasteiger partial charge in [0.15, 0.2) is 5.78 Å². The van der Waals surface area contributed by atoms with E-state index in [1.807, 2.05) is 30.5 Å². The molecule has 1 aromatic heterocycles. The Hall–Kier alpha value is -1.65. The largest absolute Gasteiger partial charge is 0.380 e. The number of aromatic nitrogens is 1. The number of benzene rings is 1. The van der Waals surface area contributed by atoms with E-state index in [0.29, 0.717) is 12.5 Å². The molecule has 2 heterocycles. The predicted octanol–water partition coefficient (Wildman–Crippen LogP) is 2.71. The number of piperidine rings is 1. The van der Waals surface area contributed by atoms with E-state index in [4.69, 9.17) is 4.74 Å². The van der Waals surface area contributed by atoms with Crippen LogP contribution in [0.25, 0.3) is 10.9 Å². The summed E-state index contributed by atoms with van der Waals surface area (Å²) in [7, 11) is 1.76. The maximum absolute atomic E-state index is 12.6. The lowest BCUT2D eigenvalue weighted by molar-refractivity contribution is -0.00323. The van der Waals surface area contributed by atoms with Gasteiger partial charge in [-0.3, -0.25) is 9.69 Å². The Morgan fingerprint density at radius 2 is 2.24 bits per heavy atom. The van der Waals surface area contributed by atoms with Crippen LogP contribution in [0.4, 0.5) is 0 Å². The zero-order valence-electron chi connectivity index (χ0n) is 12.6. The molecule has 0 amide bonds. The summed E-state index contributed by atoms with van der Waals surface area (Å²) in [6.45, 7) is 4.49. The second-order valence-corrected chi connectivity index (χ2v) is 5.95. The third-order valence-electron chi connectivity index (χ3n) is 4.53. The fourth-order valence-corrected chi connectivity index (χ4v) is 3.14. The van der Waals surface area contributed by atoms with Crippen LogP contribution in [-0.4, -0.2) is 48.5 Å². The van der Waals surface area contributed by atoms with Crippen LogP contribution in [0.3, 0.4) is 0 Å². The number of carbonyl (C=O) groups is 1. The second-order valence-electron chi connectivity index (χ2n) is 5.95. The molecule has 2 aromatic rings. The van der Waals surface area contributed by atoms with E-state index in [1.54, 1.807) is 7.11 Å².